The molecule has 0 amide bonds. The second-order valence-corrected chi connectivity index (χ2v) is 5.18. The summed E-state index contributed by atoms with van der Waals surface area (Å²) in [6, 6.07) is 1.97. The van der Waals surface area contributed by atoms with Crippen LogP contribution >= 0.6 is 0 Å². The number of aliphatic hydroxyl groups is 1. The van der Waals surface area contributed by atoms with Crippen molar-refractivity contribution in [2.45, 2.75) is 32.3 Å². The molecule has 4 heteroatoms. The molecule has 2 heterocycles. The highest BCUT2D eigenvalue weighted by Gasteiger charge is 2.52. The molecule has 1 aliphatic heterocycles. The fourth-order valence-electron chi connectivity index (χ4n) is 2.48. The Morgan fingerprint density at radius 3 is 2.31 bits per heavy atom. The van der Waals surface area contributed by atoms with Crippen LogP contribution in [0.25, 0.3) is 0 Å². The van der Waals surface area contributed by atoms with E-state index in [9.17, 15) is 5.11 Å². The van der Waals surface area contributed by atoms with Crippen LogP contribution in [0.2, 0.25) is 0 Å². The number of β-amino-alcohol motifs (C(OH)–C–C–N with tert-alkyl or cyclic N) is 1. The number of nitrogens with zero attached hydrogens (tertiary/aromatic N) is 3. The van der Waals surface area contributed by atoms with Gasteiger partial charge in [0.05, 0.1) is 13.1 Å². The minimum Gasteiger partial charge on any atom is -0.386 e. The van der Waals surface area contributed by atoms with Crippen LogP contribution in [0.15, 0.2) is 6.07 Å². The van der Waals surface area contributed by atoms with Crippen LogP contribution in [0.3, 0.4) is 0 Å². The monoisotopic (exact) mass is 219 g/mol. The molecule has 1 N–H and O–H groups in total. The third-order valence-electron chi connectivity index (χ3n) is 3.52. The minimum absolute atomic E-state index is 0.457. The van der Waals surface area contributed by atoms with E-state index in [1.54, 1.807) is 0 Å². The lowest BCUT2D eigenvalue weighted by molar-refractivity contribution is -0.0102. The van der Waals surface area contributed by atoms with Gasteiger partial charge < -0.3 is 10.0 Å². The summed E-state index contributed by atoms with van der Waals surface area (Å²) in [5.41, 5.74) is 1.52. The molecule has 3 rings (SSSR count). The van der Waals surface area contributed by atoms with E-state index in [4.69, 9.17) is 0 Å². The first-order chi connectivity index (χ1) is 7.57. The van der Waals surface area contributed by atoms with Gasteiger partial charge in [0.25, 0.3) is 0 Å². The summed E-state index contributed by atoms with van der Waals surface area (Å²) in [5, 5.41) is 10.2. The fourth-order valence-corrected chi connectivity index (χ4v) is 2.48. The van der Waals surface area contributed by atoms with Gasteiger partial charge in [-0.15, -0.1) is 0 Å². The lowest BCUT2D eigenvalue weighted by atomic mass is 9.89. The molecule has 0 aromatic carbocycles. The van der Waals surface area contributed by atoms with Crippen molar-refractivity contribution in [1.29, 1.82) is 0 Å². The lowest BCUT2D eigenvalue weighted by Gasteiger charge is -2.47. The predicted octanol–water partition coefficient (Wildman–Crippen LogP) is 1.05. The van der Waals surface area contributed by atoms with Crippen molar-refractivity contribution >= 4 is 5.95 Å². The molecule has 0 atom stereocenters. The molecule has 1 aliphatic carbocycles. The molecule has 1 aromatic rings. The highest BCUT2D eigenvalue weighted by atomic mass is 16.3. The van der Waals surface area contributed by atoms with Crippen molar-refractivity contribution in [2.75, 3.05) is 18.0 Å². The van der Waals surface area contributed by atoms with E-state index >= 15 is 0 Å². The van der Waals surface area contributed by atoms with Crippen LogP contribution in [0, 0.1) is 19.8 Å². The maximum atomic E-state index is 10.2. The summed E-state index contributed by atoms with van der Waals surface area (Å²) < 4.78 is 0. The maximum Gasteiger partial charge on any atom is 0.225 e. The molecule has 0 bridgehead atoms. The van der Waals surface area contributed by atoms with Gasteiger partial charge >= 0.3 is 0 Å². The van der Waals surface area contributed by atoms with Gasteiger partial charge in [0.1, 0.15) is 5.60 Å². The lowest BCUT2D eigenvalue weighted by Crippen LogP contribution is -2.63. The van der Waals surface area contributed by atoms with Crippen LogP contribution in [0.4, 0.5) is 5.95 Å². The van der Waals surface area contributed by atoms with Crippen molar-refractivity contribution < 1.29 is 5.11 Å². The molecular formula is C12H17N3O. The van der Waals surface area contributed by atoms with E-state index in [1.807, 2.05) is 19.9 Å². The van der Waals surface area contributed by atoms with Crippen LogP contribution < -0.4 is 4.90 Å². The Morgan fingerprint density at radius 1 is 1.25 bits per heavy atom. The molecule has 86 valence electrons. The number of anilines is 1. The van der Waals surface area contributed by atoms with E-state index in [-0.39, 0.29) is 0 Å². The number of hydrogen-bond acceptors (Lipinski definition) is 4. The van der Waals surface area contributed by atoms with Gasteiger partial charge in [-0.3, -0.25) is 0 Å². The van der Waals surface area contributed by atoms with Gasteiger partial charge in [-0.05, 0) is 38.7 Å². The van der Waals surface area contributed by atoms with Gasteiger partial charge in [-0.1, -0.05) is 0 Å². The van der Waals surface area contributed by atoms with Crippen LogP contribution in [0.5, 0.6) is 0 Å². The van der Waals surface area contributed by atoms with Gasteiger partial charge in [-0.2, -0.15) is 0 Å². The second kappa shape index (κ2) is 3.17. The molecule has 4 nitrogen and oxygen atoms in total. The third kappa shape index (κ3) is 1.57. The highest BCUT2D eigenvalue weighted by Crippen LogP contribution is 2.45. The largest absolute Gasteiger partial charge is 0.386 e. The van der Waals surface area contributed by atoms with Gasteiger partial charge in [0.15, 0.2) is 0 Å². The van der Waals surface area contributed by atoms with Crippen molar-refractivity contribution in [3.63, 3.8) is 0 Å². The van der Waals surface area contributed by atoms with Gasteiger partial charge in [0.2, 0.25) is 5.95 Å². The topological polar surface area (TPSA) is 49.2 Å². The zero-order valence-corrected chi connectivity index (χ0v) is 9.77. The van der Waals surface area contributed by atoms with Crippen LogP contribution in [-0.4, -0.2) is 33.8 Å². The van der Waals surface area contributed by atoms with Crippen molar-refractivity contribution in [3.8, 4) is 0 Å². The summed E-state index contributed by atoms with van der Waals surface area (Å²) in [4.78, 5) is 10.9. The Morgan fingerprint density at radius 2 is 1.81 bits per heavy atom. The summed E-state index contributed by atoms with van der Waals surface area (Å²) >= 11 is 0. The Balaban J connectivity index is 1.75. The number of rotatable bonds is 2. The summed E-state index contributed by atoms with van der Waals surface area (Å²) in [6.45, 7) is 5.34. The molecule has 0 spiro atoms. The van der Waals surface area contributed by atoms with E-state index in [1.165, 1.54) is 12.8 Å². The average molecular weight is 219 g/mol. The van der Waals surface area contributed by atoms with Gasteiger partial charge in [-0.25, -0.2) is 9.97 Å². The number of aromatic nitrogens is 2. The average Bonchev–Trinajstić information content (AvgIpc) is 2.94. The number of hydrogen-bond donors (Lipinski definition) is 1. The molecule has 0 unspecified atom stereocenters. The summed E-state index contributed by atoms with van der Waals surface area (Å²) in [6.07, 6.45) is 2.36. The van der Waals surface area contributed by atoms with E-state index in [0.717, 1.165) is 17.3 Å². The SMILES string of the molecule is Cc1cc(C)nc(N2CC(O)(C3CC3)C2)n1. The van der Waals surface area contributed by atoms with E-state index < -0.39 is 5.60 Å². The Hall–Kier alpha value is -1.16. The zero-order chi connectivity index (χ0) is 11.3. The van der Waals surface area contributed by atoms with Crippen molar-refractivity contribution in [3.05, 3.63) is 17.5 Å². The molecule has 2 fully saturated rings. The molecule has 0 radical (unpaired) electrons. The van der Waals surface area contributed by atoms with E-state index in [0.29, 0.717) is 19.0 Å². The predicted molar refractivity (Wildman–Crippen MR) is 61.4 cm³/mol. The summed E-state index contributed by atoms with van der Waals surface area (Å²) in [5.74, 6) is 1.29. The smallest absolute Gasteiger partial charge is 0.225 e. The normalized spacial score (nSPS) is 23.1. The second-order valence-electron chi connectivity index (χ2n) is 5.18. The molecular weight excluding hydrogens is 202 g/mol. The quantitative estimate of drug-likeness (QED) is 0.808. The first kappa shape index (κ1) is 10.0. The zero-order valence-electron chi connectivity index (χ0n) is 9.77. The Labute approximate surface area is 95.3 Å². The van der Waals surface area contributed by atoms with Gasteiger partial charge in [0, 0.05) is 11.4 Å². The first-order valence-corrected chi connectivity index (χ1v) is 5.86. The third-order valence-corrected chi connectivity index (χ3v) is 3.52. The molecule has 1 saturated heterocycles. The maximum absolute atomic E-state index is 10.2. The first-order valence-electron chi connectivity index (χ1n) is 5.86. The summed E-state index contributed by atoms with van der Waals surface area (Å²) in [7, 11) is 0. The molecule has 2 aliphatic rings. The molecule has 16 heavy (non-hydrogen) atoms. The van der Waals surface area contributed by atoms with Crippen LogP contribution in [-0.2, 0) is 0 Å². The minimum atomic E-state index is -0.457. The Kier molecular flexibility index (Phi) is 1.98. The van der Waals surface area contributed by atoms with Crippen molar-refractivity contribution in [1.82, 2.24) is 9.97 Å². The Bertz CT molecular complexity index is 402. The van der Waals surface area contributed by atoms with E-state index in [2.05, 4.69) is 14.9 Å². The highest BCUT2D eigenvalue weighted by molar-refractivity contribution is 5.39. The van der Waals surface area contributed by atoms with Crippen molar-refractivity contribution in [2.24, 2.45) is 5.92 Å². The fraction of sp³-hybridized carbons (Fsp3) is 0.667. The van der Waals surface area contributed by atoms with Crippen LogP contribution in [0.1, 0.15) is 24.2 Å². The molecule has 1 aromatic heterocycles. The number of aryl methyl sites for hydroxylation is 2. The molecule has 1 saturated carbocycles. The standard InChI is InChI=1S/C12H17N3O/c1-8-5-9(2)14-11(13-8)15-6-12(16,7-15)10-3-4-10/h5,10,16H,3-4,6-7H2,1-2H3.